The highest BCUT2D eigenvalue weighted by molar-refractivity contribution is 5.77. The Morgan fingerprint density at radius 2 is 1.77 bits per heavy atom. The van der Waals surface area contributed by atoms with E-state index in [2.05, 4.69) is 31.0 Å². The van der Waals surface area contributed by atoms with Crippen LogP contribution in [0.4, 0.5) is 0 Å². The first-order chi connectivity index (χ1) is 6.24. The van der Waals surface area contributed by atoms with Gasteiger partial charge in [-0.2, -0.15) is 0 Å². The van der Waals surface area contributed by atoms with Gasteiger partial charge in [0.05, 0.1) is 0 Å². The third-order valence-corrected chi connectivity index (χ3v) is 2.24. The standard InChI is InChI=1S/C6H15N.C4H7NO/c1-4-7(5-2)6-3;6-4-2-1-3-5-4/h4-6H2,1-3H3;1-3H2,(H,5,6). The Bertz CT molecular complexity index is 119. The third-order valence-electron chi connectivity index (χ3n) is 2.24. The number of nitrogens with one attached hydrogen (secondary N) is 1. The second kappa shape index (κ2) is 8.05. The number of carbonyl (C=O) groups is 1. The lowest BCUT2D eigenvalue weighted by atomic mass is 10.4. The number of hydrogen-bond donors (Lipinski definition) is 1. The summed E-state index contributed by atoms with van der Waals surface area (Å²) in [5.41, 5.74) is 0. The number of rotatable bonds is 3. The molecule has 1 aliphatic heterocycles. The van der Waals surface area contributed by atoms with Gasteiger partial charge in [-0.3, -0.25) is 4.79 Å². The quantitative estimate of drug-likeness (QED) is 0.719. The van der Waals surface area contributed by atoms with E-state index >= 15 is 0 Å². The molecular weight excluding hydrogens is 164 g/mol. The highest BCUT2D eigenvalue weighted by Gasteiger charge is 2.05. The molecule has 78 valence electrons. The van der Waals surface area contributed by atoms with Crippen molar-refractivity contribution in [2.75, 3.05) is 26.2 Å². The van der Waals surface area contributed by atoms with Crippen molar-refractivity contribution in [2.24, 2.45) is 0 Å². The molecule has 13 heavy (non-hydrogen) atoms. The third kappa shape index (κ3) is 6.58. The van der Waals surface area contributed by atoms with Gasteiger partial charge in [0.2, 0.25) is 5.91 Å². The van der Waals surface area contributed by atoms with Gasteiger partial charge < -0.3 is 10.2 Å². The average Bonchev–Trinajstić information content (AvgIpc) is 2.60. The minimum Gasteiger partial charge on any atom is -0.356 e. The average molecular weight is 186 g/mol. The predicted octanol–water partition coefficient (Wildman–Crippen LogP) is 1.24. The minimum atomic E-state index is 0.204. The van der Waals surface area contributed by atoms with Crippen LogP contribution >= 0.6 is 0 Å². The van der Waals surface area contributed by atoms with Crippen LogP contribution in [0.5, 0.6) is 0 Å². The van der Waals surface area contributed by atoms with E-state index in [0.29, 0.717) is 0 Å². The summed E-state index contributed by atoms with van der Waals surface area (Å²) in [6, 6.07) is 0. The predicted molar refractivity (Wildman–Crippen MR) is 55.7 cm³/mol. The van der Waals surface area contributed by atoms with E-state index in [-0.39, 0.29) is 5.91 Å². The molecule has 0 unspecified atom stereocenters. The fourth-order valence-electron chi connectivity index (χ4n) is 1.24. The van der Waals surface area contributed by atoms with Gasteiger partial charge in [0, 0.05) is 13.0 Å². The number of hydrogen-bond acceptors (Lipinski definition) is 2. The van der Waals surface area contributed by atoms with Crippen molar-refractivity contribution in [1.82, 2.24) is 10.2 Å². The normalized spacial score (nSPS) is 15.2. The van der Waals surface area contributed by atoms with Gasteiger partial charge in [0.25, 0.3) is 0 Å². The summed E-state index contributed by atoms with van der Waals surface area (Å²) in [6.07, 6.45) is 1.76. The highest BCUT2D eigenvalue weighted by Crippen LogP contribution is 1.93. The van der Waals surface area contributed by atoms with Gasteiger partial charge >= 0.3 is 0 Å². The Hall–Kier alpha value is -0.570. The van der Waals surface area contributed by atoms with Crippen molar-refractivity contribution in [3.63, 3.8) is 0 Å². The summed E-state index contributed by atoms with van der Waals surface area (Å²) >= 11 is 0. The molecule has 3 nitrogen and oxygen atoms in total. The Kier molecular flexibility index (Phi) is 7.69. The van der Waals surface area contributed by atoms with Crippen LogP contribution in [0, 0.1) is 0 Å². The topological polar surface area (TPSA) is 32.3 Å². The van der Waals surface area contributed by atoms with Crippen LogP contribution in [0.25, 0.3) is 0 Å². The molecule has 0 saturated carbocycles. The van der Waals surface area contributed by atoms with E-state index in [9.17, 15) is 4.79 Å². The molecule has 0 aromatic rings. The van der Waals surface area contributed by atoms with E-state index in [4.69, 9.17) is 0 Å². The first-order valence-corrected chi connectivity index (χ1v) is 5.23. The molecule has 1 heterocycles. The van der Waals surface area contributed by atoms with E-state index in [1.807, 2.05) is 0 Å². The Balaban J connectivity index is 0.000000223. The first-order valence-electron chi connectivity index (χ1n) is 5.23. The lowest BCUT2D eigenvalue weighted by molar-refractivity contribution is -0.119. The van der Waals surface area contributed by atoms with Crippen molar-refractivity contribution < 1.29 is 4.79 Å². The lowest BCUT2D eigenvalue weighted by Gasteiger charge is -2.13. The molecule has 1 saturated heterocycles. The summed E-state index contributed by atoms with van der Waals surface area (Å²) in [5.74, 6) is 0.204. The van der Waals surface area contributed by atoms with Gasteiger partial charge in [-0.05, 0) is 26.1 Å². The van der Waals surface area contributed by atoms with Crippen LogP contribution in [0.1, 0.15) is 33.6 Å². The first kappa shape index (κ1) is 12.4. The molecule has 1 rings (SSSR count). The Morgan fingerprint density at radius 1 is 1.23 bits per heavy atom. The monoisotopic (exact) mass is 186 g/mol. The molecule has 0 bridgehead atoms. The summed E-state index contributed by atoms with van der Waals surface area (Å²) in [6.45, 7) is 11.0. The molecule has 1 N–H and O–H groups in total. The molecule has 0 aromatic heterocycles. The molecule has 1 aliphatic rings. The molecule has 3 heteroatoms. The zero-order chi connectivity index (χ0) is 10.1. The Labute approximate surface area is 81.5 Å². The van der Waals surface area contributed by atoms with Crippen molar-refractivity contribution in [2.45, 2.75) is 33.6 Å². The minimum absolute atomic E-state index is 0.204. The zero-order valence-corrected chi connectivity index (χ0v) is 9.10. The summed E-state index contributed by atoms with van der Waals surface area (Å²) < 4.78 is 0. The molecular formula is C10H22N2O. The molecule has 0 aromatic carbocycles. The fraction of sp³-hybridized carbons (Fsp3) is 0.900. The maximum atomic E-state index is 10.1. The molecule has 0 radical (unpaired) electrons. The molecule has 0 atom stereocenters. The van der Waals surface area contributed by atoms with Crippen molar-refractivity contribution >= 4 is 5.91 Å². The van der Waals surface area contributed by atoms with Crippen LogP contribution in [0.3, 0.4) is 0 Å². The number of nitrogens with zero attached hydrogens (tertiary/aromatic N) is 1. The number of amides is 1. The van der Waals surface area contributed by atoms with E-state index in [0.717, 1.165) is 19.4 Å². The molecule has 0 spiro atoms. The Morgan fingerprint density at radius 3 is 1.85 bits per heavy atom. The largest absolute Gasteiger partial charge is 0.356 e. The van der Waals surface area contributed by atoms with Gasteiger partial charge in [0.1, 0.15) is 0 Å². The van der Waals surface area contributed by atoms with Crippen molar-refractivity contribution in [3.05, 3.63) is 0 Å². The SMILES string of the molecule is CCN(CC)CC.O=C1CCCN1. The summed E-state index contributed by atoms with van der Waals surface area (Å²) in [7, 11) is 0. The second-order valence-corrected chi connectivity index (χ2v) is 3.07. The van der Waals surface area contributed by atoms with Gasteiger partial charge in [-0.25, -0.2) is 0 Å². The van der Waals surface area contributed by atoms with Gasteiger partial charge in [-0.1, -0.05) is 20.8 Å². The van der Waals surface area contributed by atoms with Crippen LogP contribution in [-0.4, -0.2) is 37.0 Å². The van der Waals surface area contributed by atoms with Crippen LogP contribution < -0.4 is 5.32 Å². The molecule has 1 fully saturated rings. The van der Waals surface area contributed by atoms with Crippen LogP contribution in [-0.2, 0) is 4.79 Å². The molecule has 0 aliphatic carbocycles. The van der Waals surface area contributed by atoms with Crippen LogP contribution in [0.15, 0.2) is 0 Å². The number of carbonyl (C=O) groups excluding carboxylic acids is 1. The van der Waals surface area contributed by atoms with E-state index in [1.54, 1.807) is 0 Å². The van der Waals surface area contributed by atoms with Gasteiger partial charge in [0.15, 0.2) is 0 Å². The lowest BCUT2D eigenvalue weighted by Crippen LogP contribution is -2.21. The fourth-order valence-corrected chi connectivity index (χ4v) is 1.24. The summed E-state index contributed by atoms with van der Waals surface area (Å²) in [5, 5.41) is 2.68. The van der Waals surface area contributed by atoms with Crippen LogP contribution in [0.2, 0.25) is 0 Å². The van der Waals surface area contributed by atoms with E-state index in [1.165, 1.54) is 19.6 Å². The van der Waals surface area contributed by atoms with E-state index < -0.39 is 0 Å². The van der Waals surface area contributed by atoms with Gasteiger partial charge in [-0.15, -0.1) is 0 Å². The smallest absolute Gasteiger partial charge is 0.220 e. The van der Waals surface area contributed by atoms with Crippen molar-refractivity contribution in [1.29, 1.82) is 0 Å². The maximum Gasteiger partial charge on any atom is 0.220 e. The second-order valence-electron chi connectivity index (χ2n) is 3.07. The zero-order valence-electron chi connectivity index (χ0n) is 9.10. The van der Waals surface area contributed by atoms with Crippen molar-refractivity contribution in [3.8, 4) is 0 Å². The highest BCUT2D eigenvalue weighted by atomic mass is 16.1. The molecule has 1 amide bonds. The maximum absolute atomic E-state index is 10.1. The summed E-state index contributed by atoms with van der Waals surface area (Å²) in [4.78, 5) is 12.5.